The maximum absolute atomic E-state index is 13.7. The Morgan fingerprint density at radius 2 is 2.00 bits per heavy atom. The number of carbonyl (C=O) groups is 1. The lowest BCUT2D eigenvalue weighted by molar-refractivity contribution is -0.120. The molecule has 5 heteroatoms. The molecule has 0 aromatic heterocycles. The molecule has 0 aliphatic rings. The van der Waals surface area contributed by atoms with Crippen LogP contribution in [0.3, 0.4) is 0 Å². The number of nitrogens with zero attached hydrogens (tertiary/aromatic N) is 1. The lowest BCUT2D eigenvalue weighted by Gasteiger charge is -2.07. The second-order valence-corrected chi connectivity index (χ2v) is 4.87. The highest BCUT2D eigenvalue weighted by Gasteiger charge is 2.08. The van der Waals surface area contributed by atoms with Crippen molar-refractivity contribution in [2.75, 3.05) is 0 Å². The highest BCUT2D eigenvalue weighted by Crippen LogP contribution is 2.15. The average molecular weight is 303 g/mol. The summed E-state index contributed by atoms with van der Waals surface area (Å²) in [6.07, 6.45) is 0.136. The van der Waals surface area contributed by atoms with Crippen LogP contribution in [-0.4, -0.2) is 5.91 Å². The van der Waals surface area contributed by atoms with E-state index >= 15 is 0 Å². The van der Waals surface area contributed by atoms with Gasteiger partial charge in [0.1, 0.15) is 5.82 Å². The number of halogens is 2. The van der Waals surface area contributed by atoms with Gasteiger partial charge in [-0.1, -0.05) is 35.9 Å². The largest absolute Gasteiger partial charge is 0.352 e. The number of amides is 1. The molecule has 0 saturated carbocycles. The molecule has 0 radical (unpaired) electrons. The first-order chi connectivity index (χ1) is 10.1. The van der Waals surface area contributed by atoms with Crippen LogP contribution in [0.15, 0.2) is 42.5 Å². The second-order valence-electron chi connectivity index (χ2n) is 4.46. The van der Waals surface area contributed by atoms with Crippen LogP contribution in [-0.2, 0) is 17.8 Å². The SMILES string of the molecule is N#Cc1ccc(CNC(=O)Cc2ccccc2Cl)c(F)c1. The van der Waals surface area contributed by atoms with E-state index in [0.717, 1.165) is 11.6 Å². The summed E-state index contributed by atoms with van der Waals surface area (Å²) in [6, 6.07) is 13.1. The third kappa shape index (κ3) is 4.04. The molecule has 1 amide bonds. The first kappa shape index (κ1) is 15.0. The van der Waals surface area contributed by atoms with Crippen molar-refractivity contribution in [2.45, 2.75) is 13.0 Å². The molecule has 0 fully saturated rings. The van der Waals surface area contributed by atoms with Gasteiger partial charge in [0.05, 0.1) is 18.1 Å². The van der Waals surface area contributed by atoms with Crippen molar-refractivity contribution in [1.29, 1.82) is 5.26 Å². The molecule has 21 heavy (non-hydrogen) atoms. The normalized spacial score (nSPS) is 9.95. The van der Waals surface area contributed by atoms with E-state index in [-0.39, 0.29) is 24.4 Å². The molecule has 0 atom stereocenters. The molecule has 0 bridgehead atoms. The Morgan fingerprint density at radius 1 is 1.24 bits per heavy atom. The van der Waals surface area contributed by atoms with Gasteiger partial charge in [-0.15, -0.1) is 0 Å². The molecular weight excluding hydrogens is 291 g/mol. The number of rotatable bonds is 4. The summed E-state index contributed by atoms with van der Waals surface area (Å²) in [5, 5.41) is 11.8. The van der Waals surface area contributed by atoms with Crippen molar-refractivity contribution in [3.63, 3.8) is 0 Å². The molecule has 0 aliphatic carbocycles. The van der Waals surface area contributed by atoms with Gasteiger partial charge in [0.2, 0.25) is 5.91 Å². The zero-order chi connectivity index (χ0) is 15.2. The number of nitrogens with one attached hydrogen (secondary N) is 1. The molecule has 0 heterocycles. The highest BCUT2D eigenvalue weighted by molar-refractivity contribution is 6.31. The van der Waals surface area contributed by atoms with Crippen molar-refractivity contribution in [3.05, 3.63) is 70.0 Å². The molecule has 0 aliphatic heterocycles. The summed E-state index contributed by atoms with van der Waals surface area (Å²) < 4.78 is 13.7. The van der Waals surface area contributed by atoms with E-state index in [1.54, 1.807) is 24.3 Å². The summed E-state index contributed by atoms with van der Waals surface area (Å²) >= 11 is 5.97. The Labute approximate surface area is 127 Å². The lowest BCUT2D eigenvalue weighted by Crippen LogP contribution is -2.25. The molecule has 2 aromatic carbocycles. The topological polar surface area (TPSA) is 52.9 Å². The summed E-state index contributed by atoms with van der Waals surface area (Å²) in [7, 11) is 0. The summed E-state index contributed by atoms with van der Waals surface area (Å²) in [5.74, 6) is -0.751. The number of hydrogen-bond acceptors (Lipinski definition) is 2. The van der Waals surface area contributed by atoms with Gasteiger partial charge in [0.15, 0.2) is 0 Å². The van der Waals surface area contributed by atoms with Gasteiger partial charge in [0, 0.05) is 17.1 Å². The standard InChI is InChI=1S/C16H12ClFN2O/c17-14-4-2-1-3-12(14)8-16(21)20-10-13-6-5-11(9-19)7-15(13)18/h1-7H,8,10H2,(H,20,21). The molecule has 2 aromatic rings. The predicted octanol–water partition coefficient (Wildman–Crippen LogP) is 3.21. The third-order valence-corrected chi connectivity index (χ3v) is 3.34. The van der Waals surface area contributed by atoms with Crippen LogP contribution >= 0.6 is 11.6 Å². The lowest BCUT2D eigenvalue weighted by atomic mass is 10.1. The number of hydrogen-bond donors (Lipinski definition) is 1. The monoisotopic (exact) mass is 302 g/mol. The summed E-state index contributed by atoms with van der Waals surface area (Å²) in [5.41, 5.74) is 1.30. The fourth-order valence-electron chi connectivity index (χ4n) is 1.83. The molecule has 3 nitrogen and oxygen atoms in total. The van der Waals surface area contributed by atoms with Crippen LogP contribution in [0, 0.1) is 17.1 Å². The number of nitriles is 1. The fraction of sp³-hybridized carbons (Fsp3) is 0.125. The van der Waals surface area contributed by atoms with Gasteiger partial charge in [-0.25, -0.2) is 4.39 Å². The Morgan fingerprint density at radius 3 is 2.67 bits per heavy atom. The molecule has 0 saturated heterocycles. The Bertz CT molecular complexity index is 710. The van der Waals surface area contributed by atoms with Gasteiger partial charge in [0.25, 0.3) is 0 Å². The van der Waals surface area contributed by atoms with Crippen LogP contribution in [0.2, 0.25) is 5.02 Å². The van der Waals surface area contributed by atoms with E-state index in [2.05, 4.69) is 5.32 Å². The quantitative estimate of drug-likeness (QED) is 0.943. The van der Waals surface area contributed by atoms with E-state index in [0.29, 0.717) is 10.6 Å². The van der Waals surface area contributed by atoms with Crippen LogP contribution in [0.5, 0.6) is 0 Å². The molecule has 0 spiro atoms. The van der Waals surface area contributed by atoms with Crippen LogP contribution in [0.4, 0.5) is 4.39 Å². The molecule has 106 valence electrons. The average Bonchev–Trinajstić information content (AvgIpc) is 2.48. The molecular formula is C16H12ClFN2O. The van der Waals surface area contributed by atoms with Crippen LogP contribution in [0.1, 0.15) is 16.7 Å². The zero-order valence-corrected chi connectivity index (χ0v) is 11.8. The van der Waals surface area contributed by atoms with Crippen molar-refractivity contribution in [3.8, 4) is 6.07 Å². The minimum absolute atomic E-state index is 0.0703. The first-order valence-electron chi connectivity index (χ1n) is 6.29. The van der Waals surface area contributed by atoms with E-state index in [9.17, 15) is 9.18 Å². The highest BCUT2D eigenvalue weighted by atomic mass is 35.5. The Kier molecular flexibility index (Phi) is 4.91. The van der Waals surface area contributed by atoms with Gasteiger partial charge in [-0.3, -0.25) is 4.79 Å². The maximum Gasteiger partial charge on any atom is 0.224 e. The molecule has 1 N–H and O–H groups in total. The van der Waals surface area contributed by atoms with Crippen molar-refractivity contribution in [1.82, 2.24) is 5.32 Å². The van der Waals surface area contributed by atoms with E-state index in [4.69, 9.17) is 16.9 Å². The van der Waals surface area contributed by atoms with E-state index in [1.165, 1.54) is 12.1 Å². The minimum Gasteiger partial charge on any atom is -0.352 e. The first-order valence-corrected chi connectivity index (χ1v) is 6.66. The number of carbonyl (C=O) groups excluding carboxylic acids is 1. The van der Waals surface area contributed by atoms with Crippen molar-refractivity contribution >= 4 is 17.5 Å². The van der Waals surface area contributed by atoms with Crippen molar-refractivity contribution in [2.24, 2.45) is 0 Å². The van der Waals surface area contributed by atoms with E-state index < -0.39 is 5.82 Å². The third-order valence-electron chi connectivity index (χ3n) is 2.97. The van der Waals surface area contributed by atoms with Crippen LogP contribution < -0.4 is 5.32 Å². The maximum atomic E-state index is 13.7. The van der Waals surface area contributed by atoms with Gasteiger partial charge < -0.3 is 5.32 Å². The predicted molar refractivity (Wildman–Crippen MR) is 78.1 cm³/mol. The molecule has 0 unspecified atom stereocenters. The Hall–Kier alpha value is -2.38. The van der Waals surface area contributed by atoms with E-state index in [1.807, 2.05) is 6.07 Å². The van der Waals surface area contributed by atoms with Crippen LogP contribution in [0.25, 0.3) is 0 Å². The number of benzene rings is 2. The smallest absolute Gasteiger partial charge is 0.224 e. The molecule has 2 rings (SSSR count). The Balaban J connectivity index is 1.96. The summed E-state index contributed by atoms with van der Waals surface area (Å²) in [4.78, 5) is 11.8. The van der Waals surface area contributed by atoms with Gasteiger partial charge in [-0.2, -0.15) is 5.26 Å². The van der Waals surface area contributed by atoms with Crippen molar-refractivity contribution < 1.29 is 9.18 Å². The minimum atomic E-state index is -0.507. The zero-order valence-electron chi connectivity index (χ0n) is 11.1. The second kappa shape index (κ2) is 6.87. The van der Waals surface area contributed by atoms with Gasteiger partial charge >= 0.3 is 0 Å². The van der Waals surface area contributed by atoms with Gasteiger partial charge in [-0.05, 0) is 23.8 Å². The summed E-state index contributed by atoms with van der Waals surface area (Å²) in [6.45, 7) is 0.0703. The fourth-order valence-corrected chi connectivity index (χ4v) is 2.03.